The predicted molar refractivity (Wildman–Crippen MR) is 166 cm³/mol. The highest BCUT2D eigenvalue weighted by Crippen LogP contribution is 2.37. The van der Waals surface area contributed by atoms with E-state index in [2.05, 4.69) is 4.99 Å². The monoisotopic (exact) mass is 706 g/mol. The second-order valence-corrected chi connectivity index (χ2v) is 11.6. The number of thiazole rings is 1. The van der Waals surface area contributed by atoms with Crippen molar-refractivity contribution in [2.24, 2.45) is 4.99 Å². The molecule has 2 aromatic carbocycles. The number of ether oxygens (including phenoxy) is 4. The van der Waals surface area contributed by atoms with Gasteiger partial charge in [-0.25, -0.2) is 14.6 Å². The third-order valence-electron chi connectivity index (χ3n) is 6.06. The van der Waals surface area contributed by atoms with Crippen LogP contribution in [0.25, 0.3) is 6.08 Å². The molecule has 222 valence electrons. The molecule has 12 heteroatoms. The smallest absolute Gasteiger partial charge is 0.341 e. The molecule has 2 heterocycles. The molecule has 0 radical (unpaired) electrons. The third kappa shape index (κ3) is 6.70. The number of aromatic nitrogens is 1. The number of rotatable bonds is 11. The van der Waals surface area contributed by atoms with E-state index < -0.39 is 24.6 Å². The number of carboxylic acid groups (broad SMARTS) is 1. The lowest BCUT2D eigenvalue weighted by atomic mass is 9.95. The number of nitrogens with zero attached hydrogens (tertiary/aromatic N) is 2. The maximum atomic E-state index is 14.1. The Morgan fingerprint density at radius 3 is 2.55 bits per heavy atom. The van der Waals surface area contributed by atoms with Gasteiger partial charge in [0.15, 0.2) is 22.9 Å². The number of allylic oxidation sites excluding steroid dienone is 1. The van der Waals surface area contributed by atoms with E-state index in [9.17, 15) is 14.4 Å². The summed E-state index contributed by atoms with van der Waals surface area (Å²) in [6, 6.07) is 9.98. The molecule has 3 aromatic rings. The molecule has 0 saturated heterocycles. The van der Waals surface area contributed by atoms with E-state index in [-0.39, 0.29) is 23.8 Å². The highest BCUT2D eigenvalue weighted by atomic mass is 127. The number of para-hydroxylation sites is 1. The number of halogens is 1. The number of fused-ring (bicyclic) bond motifs is 1. The third-order valence-corrected chi connectivity index (χ3v) is 7.85. The first-order chi connectivity index (χ1) is 20.0. The lowest BCUT2D eigenvalue weighted by Gasteiger charge is -2.26. The van der Waals surface area contributed by atoms with Crippen molar-refractivity contribution >= 4 is 51.9 Å². The first-order valence-corrected chi connectivity index (χ1v) is 15.2. The summed E-state index contributed by atoms with van der Waals surface area (Å²) in [5.41, 5.74) is 1.68. The molecule has 0 bridgehead atoms. The minimum atomic E-state index is -1.11. The number of hydrogen-bond donors (Lipinski definition) is 1. The molecule has 1 atom stereocenters. The van der Waals surface area contributed by atoms with Crippen molar-refractivity contribution in [3.05, 3.63) is 82.1 Å². The molecule has 0 spiro atoms. The molecule has 0 aliphatic carbocycles. The average molecular weight is 707 g/mol. The molecule has 1 aliphatic rings. The van der Waals surface area contributed by atoms with E-state index in [0.717, 1.165) is 0 Å². The Balaban J connectivity index is 1.92. The SMILES string of the molecule is CCOC(=O)C1=C(C)N=c2s/c(=C/c3cc(I)c(OCC(=O)O)c(OCC)c3)c(=O)n2[C@@H]1c1ccccc1OC(C)C. The van der Waals surface area contributed by atoms with E-state index in [1.807, 2.05) is 67.6 Å². The van der Waals surface area contributed by atoms with Crippen molar-refractivity contribution < 1.29 is 33.6 Å². The zero-order valence-corrected chi connectivity index (χ0v) is 26.8. The second kappa shape index (κ2) is 13.6. The van der Waals surface area contributed by atoms with Gasteiger partial charge in [-0.3, -0.25) is 9.36 Å². The largest absolute Gasteiger partial charge is 0.491 e. The Kier molecular flexibility index (Phi) is 10.1. The van der Waals surface area contributed by atoms with E-state index in [1.54, 1.807) is 32.1 Å². The van der Waals surface area contributed by atoms with Gasteiger partial charge in [-0.05, 0) is 87.0 Å². The van der Waals surface area contributed by atoms with Gasteiger partial charge >= 0.3 is 11.9 Å². The van der Waals surface area contributed by atoms with Crippen molar-refractivity contribution in [3.8, 4) is 17.2 Å². The molecular weight excluding hydrogens is 675 g/mol. The lowest BCUT2D eigenvalue weighted by molar-refractivity contribution is -0.140. The summed E-state index contributed by atoms with van der Waals surface area (Å²) in [7, 11) is 0. The van der Waals surface area contributed by atoms with Crippen molar-refractivity contribution in [1.29, 1.82) is 0 Å². The van der Waals surface area contributed by atoms with Gasteiger partial charge in [-0.2, -0.15) is 0 Å². The lowest BCUT2D eigenvalue weighted by Crippen LogP contribution is -2.40. The number of hydrogen-bond acceptors (Lipinski definition) is 9. The Hall–Kier alpha value is -3.65. The molecule has 0 unspecified atom stereocenters. The molecule has 1 N–H and O–H groups in total. The number of esters is 1. The zero-order valence-electron chi connectivity index (χ0n) is 23.8. The van der Waals surface area contributed by atoms with Crippen LogP contribution in [0.5, 0.6) is 17.2 Å². The fraction of sp³-hybridized carbons (Fsp3) is 0.333. The summed E-state index contributed by atoms with van der Waals surface area (Å²) < 4.78 is 25.2. The highest BCUT2D eigenvalue weighted by molar-refractivity contribution is 14.1. The normalized spacial score (nSPS) is 14.8. The van der Waals surface area contributed by atoms with Gasteiger partial charge in [-0.1, -0.05) is 29.5 Å². The topological polar surface area (TPSA) is 126 Å². The average Bonchev–Trinajstić information content (AvgIpc) is 3.21. The van der Waals surface area contributed by atoms with E-state index in [0.29, 0.717) is 53.6 Å². The number of carbonyl (C=O) groups is 2. The van der Waals surface area contributed by atoms with Gasteiger partial charge in [0.2, 0.25) is 0 Å². The van der Waals surface area contributed by atoms with Crippen LogP contribution in [0, 0.1) is 3.57 Å². The number of carboxylic acids is 1. The van der Waals surface area contributed by atoms with Crippen LogP contribution in [0.3, 0.4) is 0 Å². The summed E-state index contributed by atoms with van der Waals surface area (Å²) in [6.07, 6.45) is 1.58. The number of benzene rings is 2. The van der Waals surface area contributed by atoms with Gasteiger partial charge in [0.1, 0.15) is 11.8 Å². The van der Waals surface area contributed by atoms with Crippen LogP contribution in [-0.4, -0.2) is 47.5 Å². The van der Waals surface area contributed by atoms with Crippen LogP contribution in [0.1, 0.15) is 51.8 Å². The summed E-state index contributed by atoms with van der Waals surface area (Å²) in [4.78, 5) is 43.4. The quantitative estimate of drug-likeness (QED) is 0.234. The van der Waals surface area contributed by atoms with Gasteiger partial charge in [-0.15, -0.1) is 0 Å². The van der Waals surface area contributed by atoms with Crippen LogP contribution in [-0.2, 0) is 14.3 Å². The zero-order chi connectivity index (χ0) is 30.6. The highest BCUT2D eigenvalue weighted by Gasteiger charge is 2.35. The minimum Gasteiger partial charge on any atom is -0.491 e. The second-order valence-electron chi connectivity index (χ2n) is 9.45. The van der Waals surface area contributed by atoms with E-state index >= 15 is 0 Å². The van der Waals surface area contributed by atoms with Crippen LogP contribution < -0.4 is 29.1 Å². The van der Waals surface area contributed by atoms with Gasteiger partial charge in [0, 0.05) is 5.56 Å². The number of aliphatic carboxylic acids is 1. The molecule has 1 aromatic heterocycles. The summed E-state index contributed by atoms with van der Waals surface area (Å²) in [5.74, 6) is -0.426. The van der Waals surface area contributed by atoms with Gasteiger partial charge in [0.05, 0.1) is 38.7 Å². The summed E-state index contributed by atoms with van der Waals surface area (Å²) in [5, 5.41) is 9.05. The fourth-order valence-corrected chi connectivity index (χ4v) is 6.34. The van der Waals surface area contributed by atoms with Gasteiger partial charge in [0.25, 0.3) is 5.56 Å². The molecular formula is C30H31IN2O8S. The van der Waals surface area contributed by atoms with Crippen LogP contribution in [0.2, 0.25) is 0 Å². The van der Waals surface area contributed by atoms with Crippen LogP contribution in [0.15, 0.2) is 57.5 Å². The van der Waals surface area contributed by atoms with Crippen LogP contribution in [0.4, 0.5) is 0 Å². The van der Waals surface area contributed by atoms with Crippen molar-refractivity contribution in [2.75, 3.05) is 19.8 Å². The summed E-state index contributed by atoms with van der Waals surface area (Å²) in [6.45, 7) is 9.07. The first-order valence-electron chi connectivity index (χ1n) is 13.3. The van der Waals surface area contributed by atoms with Crippen molar-refractivity contribution in [1.82, 2.24) is 4.57 Å². The molecule has 1 aliphatic heterocycles. The first kappa shape index (κ1) is 31.3. The van der Waals surface area contributed by atoms with Crippen LogP contribution >= 0.6 is 33.9 Å². The standard InChI is InChI=1S/C30H31IN2O8S/c1-6-38-22-13-18(12-20(31)27(22)40-15-24(34)35)14-23-28(36)33-26(19-10-8-9-11-21(19)41-16(3)4)25(29(37)39-7-2)17(5)32-30(33)42-23/h8-14,16,26H,6-7,15H2,1-5H3,(H,34,35)/b23-14+/t26-/m1/s1. The van der Waals surface area contributed by atoms with Gasteiger partial charge < -0.3 is 24.1 Å². The van der Waals surface area contributed by atoms with Crippen molar-refractivity contribution in [2.45, 2.75) is 46.8 Å². The predicted octanol–water partition coefficient (Wildman–Crippen LogP) is 4.05. The Morgan fingerprint density at radius 1 is 1.14 bits per heavy atom. The van der Waals surface area contributed by atoms with Crippen molar-refractivity contribution in [3.63, 3.8) is 0 Å². The molecule has 0 saturated carbocycles. The maximum absolute atomic E-state index is 14.1. The van der Waals surface area contributed by atoms with E-state index in [1.165, 1.54) is 15.9 Å². The Morgan fingerprint density at radius 2 is 1.88 bits per heavy atom. The Labute approximate surface area is 260 Å². The van der Waals surface area contributed by atoms with E-state index in [4.69, 9.17) is 24.1 Å². The fourth-order valence-electron chi connectivity index (χ4n) is 4.51. The maximum Gasteiger partial charge on any atom is 0.341 e. The molecule has 42 heavy (non-hydrogen) atoms. The minimum absolute atomic E-state index is 0.137. The number of carbonyl (C=O) groups excluding carboxylic acids is 1. The molecule has 10 nitrogen and oxygen atoms in total. The molecule has 0 amide bonds. The Bertz CT molecular complexity index is 1720. The molecule has 0 fully saturated rings. The summed E-state index contributed by atoms with van der Waals surface area (Å²) >= 11 is 3.24. The molecule has 4 rings (SSSR count).